The summed E-state index contributed by atoms with van der Waals surface area (Å²) in [6, 6.07) is 8.05. The van der Waals surface area contributed by atoms with Gasteiger partial charge >= 0.3 is 6.03 Å². The first-order chi connectivity index (χ1) is 9.58. The zero-order chi connectivity index (χ0) is 14.5. The van der Waals surface area contributed by atoms with Crippen molar-refractivity contribution in [3.63, 3.8) is 0 Å². The van der Waals surface area contributed by atoms with Crippen LogP contribution in [0.5, 0.6) is 0 Å². The maximum absolute atomic E-state index is 11.8. The predicted octanol–water partition coefficient (Wildman–Crippen LogP) is 1.87. The lowest BCUT2D eigenvalue weighted by atomic mass is 10.2. The van der Waals surface area contributed by atoms with Crippen LogP contribution in [0.15, 0.2) is 28.7 Å². The fraction of sp³-hybridized carbons (Fsp3) is 0.429. The lowest BCUT2D eigenvalue weighted by molar-refractivity contribution is -0.121. The first-order valence-electron chi connectivity index (χ1n) is 6.58. The Hall–Kier alpha value is -1.40. The lowest BCUT2D eigenvalue weighted by Crippen LogP contribution is -2.43. The molecular formula is C14H18BrN3O2. The number of benzene rings is 1. The molecule has 1 aromatic rings. The Morgan fingerprint density at radius 1 is 1.30 bits per heavy atom. The van der Waals surface area contributed by atoms with E-state index in [1.807, 2.05) is 24.3 Å². The maximum Gasteiger partial charge on any atom is 0.321 e. The van der Waals surface area contributed by atoms with Crippen molar-refractivity contribution < 1.29 is 9.59 Å². The summed E-state index contributed by atoms with van der Waals surface area (Å²) < 4.78 is 1.04. The van der Waals surface area contributed by atoms with Crippen molar-refractivity contribution in [2.24, 2.45) is 0 Å². The van der Waals surface area contributed by atoms with Gasteiger partial charge in [-0.25, -0.2) is 4.79 Å². The van der Waals surface area contributed by atoms with Crippen LogP contribution in [0.4, 0.5) is 4.79 Å². The van der Waals surface area contributed by atoms with E-state index in [1.54, 1.807) is 0 Å². The molecule has 20 heavy (non-hydrogen) atoms. The Morgan fingerprint density at radius 3 is 2.50 bits per heavy atom. The molecular weight excluding hydrogens is 322 g/mol. The quantitative estimate of drug-likeness (QED) is 0.860. The summed E-state index contributed by atoms with van der Waals surface area (Å²) >= 11 is 3.41. The van der Waals surface area contributed by atoms with Crippen LogP contribution in [0.2, 0.25) is 0 Å². The summed E-state index contributed by atoms with van der Waals surface area (Å²) in [5.41, 5.74) is 1.16. The zero-order valence-corrected chi connectivity index (χ0v) is 12.9. The van der Waals surface area contributed by atoms with Crippen molar-refractivity contribution in [3.8, 4) is 0 Å². The van der Waals surface area contributed by atoms with Crippen LogP contribution < -0.4 is 10.6 Å². The normalized spacial score (nSPS) is 14.2. The summed E-state index contributed by atoms with van der Waals surface area (Å²) in [4.78, 5) is 25.0. The molecule has 0 saturated heterocycles. The van der Waals surface area contributed by atoms with Crippen LogP contribution in [-0.2, 0) is 11.3 Å². The highest BCUT2D eigenvalue weighted by molar-refractivity contribution is 9.10. The molecule has 1 aliphatic carbocycles. The molecule has 0 radical (unpaired) electrons. The molecule has 0 aromatic heterocycles. The molecule has 6 heteroatoms. The number of nitrogens with zero attached hydrogens (tertiary/aromatic N) is 1. The van der Waals surface area contributed by atoms with E-state index in [-0.39, 0.29) is 12.5 Å². The number of hydrogen-bond donors (Lipinski definition) is 2. The van der Waals surface area contributed by atoms with Crippen LogP contribution >= 0.6 is 15.9 Å². The van der Waals surface area contributed by atoms with Crippen molar-refractivity contribution in [3.05, 3.63) is 34.3 Å². The van der Waals surface area contributed by atoms with E-state index in [9.17, 15) is 9.59 Å². The highest BCUT2D eigenvalue weighted by Gasteiger charge is 2.30. The van der Waals surface area contributed by atoms with Crippen molar-refractivity contribution >= 4 is 27.9 Å². The van der Waals surface area contributed by atoms with E-state index in [0.29, 0.717) is 6.04 Å². The molecule has 1 aromatic carbocycles. The van der Waals surface area contributed by atoms with Gasteiger partial charge in [-0.15, -0.1) is 0 Å². The second-order valence-electron chi connectivity index (χ2n) is 4.89. The zero-order valence-electron chi connectivity index (χ0n) is 11.4. The Balaban J connectivity index is 1.92. The summed E-state index contributed by atoms with van der Waals surface area (Å²) in [6.07, 6.45) is 2.23. The fourth-order valence-corrected chi connectivity index (χ4v) is 2.26. The van der Waals surface area contributed by atoms with E-state index in [2.05, 4.69) is 31.5 Å². The standard InChI is InChI=1S/C14H18BrN3O2/c1-16-14(20)17-13(19)9-18(12-6-7-12)8-10-2-4-11(15)5-3-10/h2-5,12H,6-9H2,1H3,(H2,16,17,19,20). The van der Waals surface area contributed by atoms with Gasteiger partial charge in [0.2, 0.25) is 5.91 Å². The van der Waals surface area contributed by atoms with E-state index in [0.717, 1.165) is 29.4 Å². The molecule has 1 saturated carbocycles. The number of imide groups is 1. The number of nitrogens with one attached hydrogen (secondary N) is 2. The second-order valence-corrected chi connectivity index (χ2v) is 5.81. The average Bonchev–Trinajstić information content (AvgIpc) is 3.24. The predicted molar refractivity (Wildman–Crippen MR) is 80.2 cm³/mol. The smallest absolute Gasteiger partial charge is 0.321 e. The van der Waals surface area contributed by atoms with Gasteiger partial charge in [0, 0.05) is 24.1 Å². The number of carbonyl (C=O) groups excluding carboxylic acids is 2. The van der Waals surface area contributed by atoms with Crippen molar-refractivity contribution in [2.45, 2.75) is 25.4 Å². The van der Waals surface area contributed by atoms with Gasteiger partial charge in [0.1, 0.15) is 0 Å². The minimum absolute atomic E-state index is 0.244. The molecule has 0 unspecified atom stereocenters. The van der Waals surface area contributed by atoms with Crippen LogP contribution in [0.25, 0.3) is 0 Å². The molecule has 0 spiro atoms. The van der Waals surface area contributed by atoms with Gasteiger partial charge < -0.3 is 5.32 Å². The number of urea groups is 1. The Labute approximate surface area is 126 Å². The van der Waals surface area contributed by atoms with E-state index < -0.39 is 6.03 Å². The second kappa shape index (κ2) is 6.85. The third-order valence-corrected chi connectivity index (χ3v) is 3.72. The summed E-state index contributed by atoms with van der Waals surface area (Å²) in [7, 11) is 1.49. The Bertz CT molecular complexity index is 486. The molecule has 1 fully saturated rings. The molecule has 0 aliphatic heterocycles. The molecule has 0 atom stereocenters. The van der Waals surface area contributed by atoms with E-state index >= 15 is 0 Å². The minimum atomic E-state index is -0.464. The van der Waals surface area contributed by atoms with Gasteiger partial charge in [-0.05, 0) is 30.5 Å². The number of amides is 3. The molecule has 5 nitrogen and oxygen atoms in total. The largest absolute Gasteiger partial charge is 0.341 e. The SMILES string of the molecule is CNC(=O)NC(=O)CN(Cc1ccc(Br)cc1)C1CC1. The van der Waals surface area contributed by atoms with E-state index in [4.69, 9.17) is 0 Å². The molecule has 3 amide bonds. The maximum atomic E-state index is 11.8. The highest BCUT2D eigenvalue weighted by Crippen LogP contribution is 2.28. The van der Waals surface area contributed by atoms with Crippen LogP contribution in [0, 0.1) is 0 Å². The van der Waals surface area contributed by atoms with Crippen LogP contribution in [0.1, 0.15) is 18.4 Å². The van der Waals surface area contributed by atoms with Gasteiger partial charge in [0.25, 0.3) is 0 Å². The first-order valence-corrected chi connectivity index (χ1v) is 7.38. The van der Waals surface area contributed by atoms with Gasteiger partial charge in [0.15, 0.2) is 0 Å². The third-order valence-electron chi connectivity index (χ3n) is 3.19. The van der Waals surface area contributed by atoms with Crippen molar-refractivity contribution in [1.29, 1.82) is 0 Å². The molecule has 2 N–H and O–H groups in total. The summed E-state index contributed by atoms with van der Waals surface area (Å²) in [6.45, 7) is 0.966. The number of halogens is 1. The van der Waals surface area contributed by atoms with Gasteiger partial charge in [-0.2, -0.15) is 0 Å². The van der Waals surface area contributed by atoms with Gasteiger partial charge in [-0.3, -0.25) is 15.0 Å². The lowest BCUT2D eigenvalue weighted by Gasteiger charge is -2.21. The van der Waals surface area contributed by atoms with Crippen LogP contribution in [-0.4, -0.2) is 36.5 Å². The highest BCUT2D eigenvalue weighted by atomic mass is 79.9. The van der Waals surface area contributed by atoms with Crippen molar-refractivity contribution in [2.75, 3.05) is 13.6 Å². The monoisotopic (exact) mass is 339 g/mol. The summed E-state index contributed by atoms with van der Waals surface area (Å²) in [5, 5.41) is 4.67. The molecule has 0 bridgehead atoms. The number of rotatable bonds is 5. The molecule has 2 rings (SSSR count). The Morgan fingerprint density at radius 2 is 1.95 bits per heavy atom. The first kappa shape index (κ1) is 15.0. The van der Waals surface area contributed by atoms with E-state index in [1.165, 1.54) is 7.05 Å². The number of hydrogen-bond acceptors (Lipinski definition) is 3. The molecule has 1 aliphatic rings. The molecule has 108 valence electrons. The molecule has 0 heterocycles. The average molecular weight is 340 g/mol. The van der Waals surface area contributed by atoms with Crippen LogP contribution in [0.3, 0.4) is 0 Å². The number of carbonyl (C=O) groups is 2. The third kappa shape index (κ3) is 4.61. The summed E-state index contributed by atoms with van der Waals surface area (Å²) in [5.74, 6) is -0.270. The fourth-order valence-electron chi connectivity index (χ4n) is 1.99. The Kier molecular flexibility index (Phi) is 5.14. The van der Waals surface area contributed by atoms with Gasteiger partial charge in [-0.1, -0.05) is 28.1 Å². The van der Waals surface area contributed by atoms with Crippen molar-refractivity contribution in [1.82, 2.24) is 15.5 Å². The topological polar surface area (TPSA) is 61.4 Å². The minimum Gasteiger partial charge on any atom is -0.341 e. The van der Waals surface area contributed by atoms with Gasteiger partial charge in [0.05, 0.1) is 6.54 Å².